The molecule has 0 fully saturated rings. The van der Waals surface area contributed by atoms with E-state index in [1.165, 1.54) is 16.8 Å². The number of rotatable bonds is 5. The van der Waals surface area contributed by atoms with Crippen molar-refractivity contribution in [2.45, 2.75) is 25.9 Å². The second-order valence-electron chi connectivity index (χ2n) is 5.44. The summed E-state index contributed by atoms with van der Waals surface area (Å²) < 4.78 is 0. The SMILES string of the molecule is CNC(C)c1ccc(N(C)C(C)c2ccc(Cl)cc2)cc1. The van der Waals surface area contributed by atoms with Crippen molar-refractivity contribution in [1.82, 2.24) is 5.32 Å². The quantitative estimate of drug-likeness (QED) is 0.852. The minimum Gasteiger partial charge on any atom is -0.368 e. The Balaban J connectivity index is 2.15. The smallest absolute Gasteiger partial charge is 0.0511 e. The molecule has 2 nitrogen and oxygen atoms in total. The minimum atomic E-state index is 0.301. The van der Waals surface area contributed by atoms with Gasteiger partial charge in [0.2, 0.25) is 0 Å². The van der Waals surface area contributed by atoms with Gasteiger partial charge in [0.05, 0.1) is 6.04 Å². The van der Waals surface area contributed by atoms with E-state index >= 15 is 0 Å². The number of anilines is 1. The van der Waals surface area contributed by atoms with Gasteiger partial charge in [-0.15, -0.1) is 0 Å². The summed E-state index contributed by atoms with van der Waals surface area (Å²) in [5, 5.41) is 4.03. The predicted molar refractivity (Wildman–Crippen MR) is 92.2 cm³/mol. The monoisotopic (exact) mass is 302 g/mol. The zero-order valence-corrected chi connectivity index (χ0v) is 13.9. The average molecular weight is 303 g/mol. The maximum Gasteiger partial charge on any atom is 0.0511 e. The van der Waals surface area contributed by atoms with Crippen molar-refractivity contribution in [3.05, 3.63) is 64.7 Å². The maximum atomic E-state index is 5.95. The van der Waals surface area contributed by atoms with Gasteiger partial charge in [0.15, 0.2) is 0 Å². The molecule has 2 rings (SSSR count). The highest BCUT2D eigenvalue weighted by Crippen LogP contribution is 2.27. The van der Waals surface area contributed by atoms with Gasteiger partial charge in [-0.2, -0.15) is 0 Å². The second-order valence-corrected chi connectivity index (χ2v) is 5.88. The van der Waals surface area contributed by atoms with Gasteiger partial charge in [-0.1, -0.05) is 35.9 Å². The third kappa shape index (κ3) is 3.78. The molecule has 0 aliphatic carbocycles. The second kappa shape index (κ2) is 6.97. The molecule has 0 radical (unpaired) electrons. The van der Waals surface area contributed by atoms with E-state index in [0.29, 0.717) is 12.1 Å². The van der Waals surface area contributed by atoms with Gasteiger partial charge in [-0.3, -0.25) is 0 Å². The van der Waals surface area contributed by atoms with Gasteiger partial charge in [-0.05, 0) is 56.3 Å². The van der Waals surface area contributed by atoms with Crippen molar-refractivity contribution in [2.75, 3.05) is 19.0 Å². The van der Waals surface area contributed by atoms with Gasteiger partial charge in [0.1, 0.15) is 0 Å². The first-order chi connectivity index (χ1) is 10.0. The number of benzene rings is 2. The number of hydrogen-bond donors (Lipinski definition) is 1. The van der Waals surface area contributed by atoms with Crippen LogP contribution in [0.1, 0.15) is 37.1 Å². The third-order valence-electron chi connectivity index (χ3n) is 4.17. The number of halogens is 1. The first kappa shape index (κ1) is 15.9. The number of hydrogen-bond acceptors (Lipinski definition) is 2. The number of nitrogens with one attached hydrogen (secondary N) is 1. The summed E-state index contributed by atoms with van der Waals surface area (Å²) in [6, 6.07) is 17.4. The normalized spacial score (nSPS) is 13.8. The lowest BCUT2D eigenvalue weighted by Crippen LogP contribution is -2.21. The van der Waals surface area contributed by atoms with Gasteiger partial charge in [-0.25, -0.2) is 0 Å². The maximum absolute atomic E-state index is 5.95. The molecule has 3 heteroatoms. The molecule has 0 saturated heterocycles. The molecular weight excluding hydrogens is 280 g/mol. The Morgan fingerprint density at radius 3 is 1.95 bits per heavy atom. The van der Waals surface area contributed by atoms with Crippen LogP contribution in [-0.4, -0.2) is 14.1 Å². The molecule has 112 valence electrons. The summed E-state index contributed by atoms with van der Waals surface area (Å²) >= 11 is 5.95. The Morgan fingerprint density at radius 2 is 1.43 bits per heavy atom. The van der Waals surface area contributed by atoms with Crippen LogP contribution in [0.3, 0.4) is 0 Å². The van der Waals surface area contributed by atoms with E-state index in [4.69, 9.17) is 11.6 Å². The zero-order chi connectivity index (χ0) is 15.4. The Kier molecular flexibility index (Phi) is 5.27. The fourth-order valence-corrected chi connectivity index (χ4v) is 2.48. The molecule has 0 heterocycles. The van der Waals surface area contributed by atoms with Gasteiger partial charge in [0.25, 0.3) is 0 Å². The van der Waals surface area contributed by atoms with E-state index in [1.807, 2.05) is 19.2 Å². The van der Waals surface area contributed by atoms with E-state index < -0.39 is 0 Å². The lowest BCUT2D eigenvalue weighted by Gasteiger charge is -2.28. The van der Waals surface area contributed by atoms with Crippen molar-refractivity contribution < 1.29 is 0 Å². The van der Waals surface area contributed by atoms with Crippen LogP contribution in [0.15, 0.2) is 48.5 Å². The minimum absolute atomic E-state index is 0.301. The summed E-state index contributed by atoms with van der Waals surface area (Å²) in [5.41, 5.74) is 3.77. The van der Waals surface area contributed by atoms with Crippen LogP contribution in [0.4, 0.5) is 5.69 Å². The summed E-state index contributed by atoms with van der Waals surface area (Å²) in [7, 11) is 4.10. The highest BCUT2D eigenvalue weighted by atomic mass is 35.5. The summed E-state index contributed by atoms with van der Waals surface area (Å²) in [6.45, 7) is 4.36. The lowest BCUT2D eigenvalue weighted by atomic mass is 10.1. The van der Waals surface area contributed by atoms with Crippen molar-refractivity contribution in [2.24, 2.45) is 0 Å². The van der Waals surface area contributed by atoms with Crippen LogP contribution in [0.2, 0.25) is 5.02 Å². The van der Waals surface area contributed by atoms with Gasteiger partial charge < -0.3 is 10.2 Å². The van der Waals surface area contributed by atoms with Gasteiger partial charge in [0, 0.05) is 23.8 Å². The van der Waals surface area contributed by atoms with Crippen LogP contribution in [0.5, 0.6) is 0 Å². The molecule has 0 amide bonds. The summed E-state index contributed by atoms with van der Waals surface area (Å²) in [5.74, 6) is 0. The molecule has 2 aromatic rings. The van der Waals surface area contributed by atoms with Crippen molar-refractivity contribution in [3.8, 4) is 0 Å². The Labute approximate surface area is 132 Å². The zero-order valence-electron chi connectivity index (χ0n) is 13.1. The highest BCUT2D eigenvalue weighted by Gasteiger charge is 2.12. The molecule has 2 atom stereocenters. The van der Waals surface area contributed by atoms with Crippen LogP contribution in [0.25, 0.3) is 0 Å². The summed E-state index contributed by atoms with van der Waals surface area (Å²) in [4.78, 5) is 2.27. The van der Waals surface area contributed by atoms with Crippen molar-refractivity contribution in [3.63, 3.8) is 0 Å². The Bertz CT molecular complexity index is 563. The lowest BCUT2D eigenvalue weighted by molar-refractivity contribution is 0.652. The highest BCUT2D eigenvalue weighted by molar-refractivity contribution is 6.30. The molecule has 0 aliphatic heterocycles. The van der Waals surface area contributed by atoms with E-state index in [0.717, 1.165) is 5.02 Å². The molecule has 2 unspecified atom stereocenters. The van der Waals surface area contributed by atoms with E-state index in [-0.39, 0.29) is 0 Å². The van der Waals surface area contributed by atoms with E-state index in [1.54, 1.807) is 0 Å². The van der Waals surface area contributed by atoms with Crippen molar-refractivity contribution >= 4 is 17.3 Å². The first-order valence-corrected chi connectivity index (χ1v) is 7.66. The molecule has 0 aliphatic rings. The molecule has 2 aromatic carbocycles. The van der Waals surface area contributed by atoms with Crippen LogP contribution < -0.4 is 10.2 Å². The topological polar surface area (TPSA) is 15.3 Å². The predicted octanol–water partition coefficient (Wildman–Crippen LogP) is 4.82. The molecular formula is C18H23ClN2. The average Bonchev–Trinajstić information content (AvgIpc) is 2.53. The van der Waals surface area contributed by atoms with Gasteiger partial charge >= 0.3 is 0 Å². The molecule has 1 N–H and O–H groups in total. The molecule has 0 spiro atoms. The van der Waals surface area contributed by atoms with E-state index in [9.17, 15) is 0 Å². The van der Waals surface area contributed by atoms with Crippen molar-refractivity contribution in [1.29, 1.82) is 0 Å². The molecule has 0 saturated carbocycles. The molecule has 0 bridgehead atoms. The van der Waals surface area contributed by atoms with Crippen LogP contribution in [0, 0.1) is 0 Å². The third-order valence-corrected chi connectivity index (χ3v) is 4.42. The molecule has 0 aromatic heterocycles. The van der Waals surface area contributed by atoms with Crippen LogP contribution in [-0.2, 0) is 0 Å². The van der Waals surface area contributed by atoms with E-state index in [2.05, 4.69) is 67.5 Å². The molecule has 21 heavy (non-hydrogen) atoms. The Morgan fingerprint density at radius 1 is 0.905 bits per heavy atom. The fraction of sp³-hybridized carbons (Fsp3) is 0.333. The van der Waals surface area contributed by atoms with Crippen LogP contribution >= 0.6 is 11.6 Å². The number of nitrogens with zero attached hydrogens (tertiary/aromatic N) is 1. The Hall–Kier alpha value is -1.51. The largest absolute Gasteiger partial charge is 0.368 e. The standard InChI is InChI=1S/C18H23ClN2/c1-13(20-3)15-7-11-18(12-8-15)21(4)14(2)16-5-9-17(19)10-6-16/h5-14,20H,1-4H3. The summed E-state index contributed by atoms with van der Waals surface area (Å²) in [6.07, 6.45) is 0. The first-order valence-electron chi connectivity index (χ1n) is 7.28. The fourth-order valence-electron chi connectivity index (χ4n) is 2.35.